The van der Waals surface area contributed by atoms with Crippen LogP contribution in [0, 0.1) is 11.8 Å². The van der Waals surface area contributed by atoms with Gasteiger partial charge in [0.1, 0.15) is 0 Å². The van der Waals surface area contributed by atoms with Crippen molar-refractivity contribution in [3.63, 3.8) is 0 Å². The van der Waals surface area contributed by atoms with Gasteiger partial charge in [0.15, 0.2) is 0 Å². The molecule has 0 rings (SSSR count). The maximum absolute atomic E-state index is 2.50. The molecule has 0 aromatic rings. The fourth-order valence-electron chi connectivity index (χ4n) is 5.69. The minimum atomic E-state index is 0.959. The smallest absolute Gasteiger partial charge is 0.0443 e. The first-order valence-electron chi connectivity index (χ1n) is 16.7. The van der Waals surface area contributed by atoms with Crippen molar-refractivity contribution in [2.24, 2.45) is 11.8 Å². The summed E-state index contributed by atoms with van der Waals surface area (Å²) in [5.74, 6) is 1.92. The lowest BCUT2D eigenvalue weighted by molar-refractivity contribution is 0.426. The Balaban J connectivity index is 3.16. The van der Waals surface area contributed by atoms with Crippen molar-refractivity contribution in [3.8, 4) is 0 Å². The molecule has 206 valence electrons. The zero-order chi connectivity index (χ0) is 25.0. The van der Waals surface area contributed by atoms with Gasteiger partial charge in [0, 0.05) is 0 Å². The molecule has 0 N–H and O–H groups in total. The third kappa shape index (κ3) is 28.2. The van der Waals surface area contributed by atoms with Crippen LogP contribution in [0.2, 0.25) is 0 Å². The highest BCUT2D eigenvalue weighted by Gasteiger charge is 2.03. The highest BCUT2D eigenvalue weighted by atomic mass is 14.1. The van der Waals surface area contributed by atoms with Gasteiger partial charge in [-0.25, -0.2) is 0 Å². The van der Waals surface area contributed by atoms with Crippen LogP contribution < -0.4 is 0 Å². The van der Waals surface area contributed by atoms with Crippen LogP contribution in [-0.2, 0) is 0 Å². The van der Waals surface area contributed by atoms with Crippen molar-refractivity contribution < 1.29 is 0 Å². The summed E-state index contributed by atoms with van der Waals surface area (Å²) in [7, 11) is 0. The Kier molecular flexibility index (Phi) is 29.2. The normalized spacial score (nSPS) is 13.4. The Hall–Kier alpha value is 0. The summed E-state index contributed by atoms with van der Waals surface area (Å²) < 4.78 is 0. The van der Waals surface area contributed by atoms with Crippen molar-refractivity contribution in [2.45, 2.75) is 207 Å². The second-order valence-electron chi connectivity index (χ2n) is 12.1. The zero-order valence-electron chi connectivity index (χ0n) is 25.0. The van der Waals surface area contributed by atoms with E-state index in [1.54, 1.807) is 0 Å². The van der Waals surface area contributed by atoms with Gasteiger partial charge in [-0.15, -0.1) is 0 Å². The van der Waals surface area contributed by atoms with Gasteiger partial charge in [-0.05, 0) is 11.8 Å². The number of rotatable bonds is 29. The summed E-state index contributed by atoms with van der Waals surface area (Å²) in [6.45, 7) is 9.56. The van der Waals surface area contributed by atoms with Crippen LogP contribution in [0.3, 0.4) is 0 Å². The van der Waals surface area contributed by atoms with E-state index in [4.69, 9.17) is 0 Å². The molecule has 0 fully saturated rings. The first-order valence-corrected chi connectivity index (χ1v) is 16.7. The fraction of sp³-hybridized carbons (Fsp3) is 1.00. The molecule has 0 aromatic heterocycles. The summed E-state index contributed by atoms with van der Waals surface area (Å²) in [6, 6.07) is 0. The van der Waals surface area contributed by atoms with Crippen molar-refractivity contribution >= 4 is 0 Å². The molecular formula is C34H70. The molecule has 0 spiro atoms. The highest BCUT2D eigenvalue weighted by molar-refractivity contribution is 4.57. The predicted octanol–water partition coefficient (Wildman–Crippen LogP) is 13.2. The van der Waals surface area contributed by atoms with Crippen LogP contribution >= 0.6 is 0 Å². The van der Waals surface area contributed by atoms with E-state index in [1.165, 1.54) is 180 Å². The van der Waals surface area contributed by atoms with Crippen molar-refractivity contribution in [3.05, 3.63) is 0 Å². The second kappa shape index (κ2) is 29.2. The zero-order valence-corrected chi connectivity index (χ0v) is 25.0. The Morgan fingerprint density at radius 1 is 0.265 bits per heavy atom. The quantitative estimate of drug-likeness (QED) is 0.0937. The van der Waals surface area contributed by atoms with E-state index in [0.29, 0.717) is 0 Å². The molecule has 0 aromatic carbocycles. The van der Waals surface area contributed by atoms with Crippen LogP contribution in [0.25, 0.3) is 0 Å². The van der Waals surface area contributed by atoms with Gasteiger partial charge in [0.25, 0.3) is 0 Å². The molecule has 2 atom stereocenters. The summed E-state index contributed by atoms with van der Waals surface area (Å²) in [5.41, 5.74) is 0. The maximum Gasteiger partial charge on any atom is -0.0443 e. The number of hydrogen-bond donors (Lipinski definition) is 0. The summed E-state index contributed by atoms with van der Waals surface area (Å²) >= 11 is 0. The lowest BCUT2D eigenvalue weighted by atomic mass is 9.95. The Morgan fingerprint density at radius 2 is 0.500 bits per heavy atom. The maximum atomic E-state index is 2.50. The van der Waals surface area contributed by atoms with Gasteiger partial charge in [0.05, 0.1) is 0 Å². The molecule has 0 aliphatic carbocycles. The fourth-order valence-corrected chi connectivity index (χ4v) is 5.69. The van der Waals surface area contributed by atoms with Crippen LogP contribution in [0.4, 0.5) is 0 Å². The molecule has 0 aliphatic heterocycles. The Labute approximate surface area is 219 Å². The minimum Gasteiger partial charge on any atom is -0.0654 e. The first kappa shape index (κ1) is 34.0. The average Bonchev–Trinajstić information content (AvgIpc) is 2.83. The molecule has 0 bridgehead atoms. The van der Waals surface area contributed by atoms with Crippen molar-refractivity contribution in [2.75, 3.05) is 0 Å². The van der Waals surface area contributed by atoms with Gasteiger partial charge in [0.2, 0.25) is 0 Å². The van der Waals surface area contributed by atoms with Crippen LogP contribution in [0.5, 0.6) is 0 Å². The van der Waals surface area contributed by atoms with Crippen LogP contribution in [0.15, 0.2) is 0 Å². The summed E-state index contributed by atoms with van der Waals surface area (Å²) in [5, 5.41) is 0. The van der Waals surface area contributed by atoms with E-state index in [-0.39, 0.29) is 0 Å². The molecule has 0 nitrogen and oxygen atoms in total. The monoisotopic (exact) mass is 479 g/mol. The van der Waals surface area contributed by atoms with Crippen LogP contribution in [0.1, 0.15) is 207 Å². The highest BCUT2D eigenvalue weighted by Crippen LogP contribution is 2.20. The predicted molar refractivity (Wildman–Crippen MR) is 159 cm³/mol. The van der Waals surface area contributed by atoms with E-state index in [1.807, 2.05) is 0 Å². The van der Waals surface area contributed by atoms with E-state index in [9.17, 15) is 0 Å². The molecule has 0 saturated carbocycles. The largest absolute Gasteiger partial charge is 0.0654 e. The Bertz CT molecular complexity index is 346. The number of hydrogen-bond acceptors (Lipinski definition) is 0. The summed E-state index contributed by atoms with van der Waals surface area (Å²) in [6.07, 6.45) is 41.2. The molecule has 2 unspecified atom stereocenters. The molecule has 0 heteroatoms. The van der Waals surface area contributed by atoms with Gasteiger partial charge in [-0.2, -0.15) is 0 Å². The van der Waals surface area contributed by atoms with Gasteiger partial charge < -0.3 is 0 Å². The molecule has 0 radical (unpaired) electrons. The summed E-state index contributed by atoms with van der Waals surface area (Å²) in [4.78, 5) is 0. The van der Waals surface area contributed by atoms with Crippen molar-refractivity contribution in [1.29, 1.82) is 0 Å². The second-order valence-corrected chi connectivity index (χ2v) is 12.1. The topological polar surface area (TPSA) is 0 Å². The molecule has 0 aliphatic rings. The van der Waals surface area contributed by atoms with E-state index in [0.717, 1.165) is 11.8 Å². The molecule has 0 amide bonds. The van der Waals surface area contributed by atoms with Crippen molar-refractivity contribution in [1.82, 2.24) is 0 Å². The molecule has 0 saturated heterocycles. The SMILES string of the molecule is CCCCCCCCCCCCCCCCCCC(C)CCCCCCCCCC(C)CCC. The Morgan fingerprint density at radius 3 is 0.765 bits per heavy atom. The first-order chi connectivity index (χ1) is 16.7. The number of unbranched alkanes of at least 4 members (excludes halogenated alkanes) is 21. The van der Waals surface area contributed by atoms with Gasteiger partial charge >= 0.3 is 0 Å². The third-order valence-corrected chi connectivity index (χ3v) is 8.23. The van der Waals surface area contributed by atoms with Gasteiger partial charge in [-0.3, -0.25) is 0 Å². The average molecular weight is 479 g/mol. The van der Waals surface area contributed by atoms with Gasteiger partial charge in [-0.1, -0.05) is 207 Å². The van der Waals surface area contributed by atoms with Crippen LogP contribution in [-0.4, -0.2) is 0 Å². The lowest BCUT2D eigenvalue weighted by Gasteiger charge is -2.11. The lowest BCUT2D eigenvalue weighted by Crippen LogP contribution is -1.95. The van der Waals surface area contributed by atoms with E-state index < -0.39 is 0 Å². The standard InChI is InChI=1S/C34H70/c1-5-7-8-9-10-11-12-13-14-15-16-17-18-20-24-27-31-34(4)32-28-25-22-19-21-23-26-30-33(3)29-6-2/h33-34H,5-32H2,1-4H3. The minimum absolute atomic E-state index is 0.959. The van der Waals surface area contributed by atoms with E-state index in [2.05, 4.69) is 27.7 Å². The molecular weight excluding hydrogens is 408 g/mol. The molecule has 34 heavy (non-hydrogen) atoms. The molecule has 0 heterocycles. The third-order valence-electron chi connectivity index (χ3n) is 8.23. The van der Waals surface area contributed by atoms with E-state index >= 15 is 0 Å².